The monoisotopic (exact) mass is 194 g/mol. The van der Waals surface area contributed by atoms with Gasteiger partial charge in [-0.3, -0.25) is 0 Å². The van der Waals surface area contributed by atoms with E-state index in [1.165, 1.54) is 5.56 Å². The third-order valence-corrected chi connectivity index (χ3v) is 1.92. The number of hydrogen-bond donors (Lipinski definition) is 1. The Kier molecular flexibility index (Phi) is 4.47. The Morgan fingerprint density at radius 3 is 2.36 bits per heavy atom. The lowest BCUT2D eigenvalue weighted by molar-refractivity contribution is 0.242. The number of aliphatic hydroxyl groups excluding tert-OH is 1. The predicted molar refractivity (Wildman–Crippen MR) is 57.6 cm³/mol. The molecule has 0 aliphatic carbocycles. The summed E-state index contributed by atoms with van der Waals surface area (Å²) in [6, 6.07) is 8.06. The van der Waals surface area contributed by atoms with Gasteiger partial charge in [0, 0.05) is 6.61 Å². The lowest BCUT2D eigenvalue weighted by atomic mass is 10.1. The van der Waals surface area contributed by atoms with Gasteiger partial charge in [0.25, 0.3) is 0 Å². The van der Waals surface area contributed by atoms with Gasteiger partial charge in [0.05, 0.1) is 6.10 Å². The third-order valence-electron chi connectivity index (χ3n) is 1.92. The van der Waals surface area contributed by atoms with Crippen molar-refractivity contribution in [2.45, 2.75) is 32.8 Å². The molecule has 2 nitrogen and oxygen atoms in total. The highest BCUT2D eigenvalue weighted by molar-refractivity contribution is 5.27. The second-order valence-corrected chi connectivity index (χ2v) is 3.64. The number of ether oxygens (including phenoxy) is 1. The van der Waals surface area contributed by atoms with Crippen LogP contribution in [0.3, 0.4) is 0 Å². The minimum Gasteiger partial charge on any atom is -0.491 e. The van der Waals surface area contributed by atoms with Crippen LogP contribution >= 0.6 is 0 Å². The second-order valence-electron chi connectivity index (χ2n) is 3.64. The van der Waals surface area contributed by atoms with Gasteiger partial charge in [0.1, 0.15) is 5.75 Å². The van der Waals surface area contributed by atoms with E-state index in [1.54, 1.807) is 0 Å². The topological polar surface area (TPSA) is 29.5 Å². The van der Waals surface area contributed by atoms with E-state index in [2.05, 4.69) is 0 Å². The molecule has 0 saturated heterocycles. The van der Waals surface area contributed by atoms with Crippen LogP contribution in [0.1, 0.15) is 25.8 Å². The second kappa shape index (κ2) is 5.66. The number of aliphatic hydroxyl groups is 1. The summed E-state index contributed by atoms with van der Waals surface area (Å²) in [6.45, 7) is 4.28. The number of aryl methyl sites for hydroxylation is 1. The fraction of sp³-hybridized carbons (Fsp3) is 0.500. The van der Waals surface area contributed by atoms with Gasteiger partial charge < -0.3 is 9.84 Å². The van der Waals surface area contributed by atoms with Crippen LogP contribution in [0.15, 0.2) is 24.3 Å². The lowest BCUT2D eigenvalue weighted by Gasteiger charge is -2.09. The standard InChI is InChI=1S/C12H18O2/c1-10(2)14-12-7-5-11(6-8-12)4-3-9-13/h5-8,10,13H,3-4,9H2,1-2H3. The maximum atomic E-state index is 8.68. The minimum atomic E-state index is 0.221. The van der Waals surface area contributed by atoms with Gasteiger partial charge in [0.15, 0.2) is 0 Å². The van der Waals surface area contributed by atoms with E-state index in [1.807, 2.05) is 38.1 Å². The Hall–Kier alpha value is -1.02. The maximum absolute atomic E-state index is 8.68. The lowest BCUT2D eigenvalue weighted by Crippen LogP contribution is -2.05. The third kappa shape index (κ3) is 3.79. The van der Waals surface area contributed by atoms with Crippen molar-refractivity contribution >= 4 is 0 Å². The Morgan fingerprint density at radius 2 is 1.86 bits per heavy atom. The summed E-state index contributed by atoms with van der Waals surface area (Å²) in [4.78, 5) is 0. The first-order valence-electron chi connectivity index (χ1n) is 5.09. The molecule has 0 aromatic heterocycles. The van der Waals surface area contributed by atoms with Crippen molar-refractivity contribution in [2.24, 2.45) is 0 Å². The molecule has 1 aromatic rings. The van der Waals surface area contributed by atoms with Crippen molar-refractivity contribution in [3.63, 3.8) is 0 Å². The molecule has 0 aliphatic heterocycles. The molecule has 0 unspecified atom stereocenters. The van der Waals surface area contributed by atoms with Gasteiger partial charge >= 0.3 is 0 Å². The van der Waals surface area contributed by atoms with E-state index in [-0.39, 0.29) is 12.7 Å². The zero-order chi connectivity index (χ0) is 10.4. The highest BCUT2D eigenvalue weighted by Crippen LogP contribution is 2.14. The van der Waals surface area contributed by atoms with Crippen LogP contribution in [-0.4, -0.2) is 17.8 Å². The summed E-state index contributed by atoms with van der Waals surface area (Å²) in [6.07, 6.45) is 1.97. The molecule has 0 aliphatic rings. The van der Waals surface area contributed by atoms with E-state index >= 15 is 0 Å². The molecule has 78 valence electrons. The van der Waals surface area contributed by atoms with Gasteiger partial charge in [-0.05, 0) is 44.4 Å². The molecule has 0 bridgehead atoms. The van der Waals surface area contributed by atoms with Crippen LogP contribution in [0.2, 0.25) is 0 Å². The van der Waals surface area contributed by atoms with Crippen molar-refractivity contribution in [3.8, 4) is 5.75 Å². The van der Waals surface area contributed by atoms with Gasteiger partial charge in [-0.25, -0.2) is 0 Å². The van der Waals surface area contributed by atoms with E-state index < -0.39 is 0 Å². The van der Waals surface area contributed by atoms with Crippen molar-refractivity contribution in [2.75, 3.05) is 6.61 Å². The van der Waals surface area contributed by atoms with E-state index in [0.717, 1.165) is 18.6 Å². The first kappa shape index (κ1) is 11.1. The van der Waals surface area contributed by atoms with Gasteiger partial charge in [0.2, 0.25) is 0 Å². The minimum absolute atomic E-state index is 0.221. The molecule has 1 rings (SSSR count). The van der Waals surface area contributed by atoms with E-state index in [0.29, 0.717) is 0 Å². The fourth-order valence-electron chi connectivity index (χ4n) is 1.29. The van der Waals surface area contributed by atoms with E-state index in [4.69, 9.17) is 9.84 Å². The van der Waals surface area contributed by atoms with Crippen molar-refractivity contribution in [1.29, 1.82) is 0 Å². The average molecular weight is 194 g/mol. The number of benzene rings is 1. The van der Waals surface area contributed by atoms with Gasteiger partial charge in [-0.2, -0.15) is 0 Å². The maximum Gasteiger partial charge on any atom is 0.119 e. The van der Waals surface area contributed by atoms with Crippen LogP contribution in [0, 0.1) is 0 Å². The van der Waals surface area contributed by atoms with Crippen LogP contribution in [0.4, 0.5) is 0 Å². The molecule has 0 fully saturated rings. The molecule has 0 heterocycles. The molecule has 2 heteroatoms. The quantitative estimate of drug-likeness (QED) is 0.780. The normalized spacial score (nSPS) is 10.6. The zero-order valence-electron chi connectivity index (χ0n) is 8.86. The van der Waals surface area contributed by atoms with Crippen LogP contribution in [-0.2, 0) is 6.42 Å². The Morgan fingerprint density at radius 1 is 1.21 bits per heavy atom. The Labute approximate surface area is 85.5 Å². The summed E-state index contributed by atoms with van der Waals surface area (Å²) >= 11 is 0. The molecule has 0 atom stereocenters. The summed E-state index contributed by atoms with van der Waals surface area (Å²) in [5.74, 6) is 0.910. The van der Waals surface area contributed by atoms with Gasteiger partial charge in [-0.1, -0.05) is 12.1 Å². The highest BCUT2D eigenvalue weighted by Gasteiger charge is 1.97. The first-order valence-corrected chi connectivity index (χ1v) is 5.09. The zero-order valence-corrected chi connectivity index (χ0v) is 8.86. The van der Waals surface area contributed by atoms with Crippen molar-refractivity contribution in [3.05, 3.63) is 29.8 Å². The fourth-order valence-corrected chi connectivity index (χ4v) is 1.29. The first-order chi connectivity index (χ1) is 6.72. The number of hydrogen-bond acceptors (Lipinski definition) is 2. The average Bonchev–Trinajstić information content (AvgIpc) is 2.16. The Balaban J connectivity index is 2.50. The largest absolute Gasteiger partial charge is 0.491 e. The van der Waals surface area contributed by atoms with Crippen LogP contribution in [0.25, 0.3) is 0 Å². The van der Waals surface area contributed by atoms with Gasteiger partial charge in [-0.15, -0.1) is 0 Å². The highest BCUT2D eigenvalue weighted by atomic mass is 16.5. The molecule has 0 amide bonds. The molecule has 0 radical (unpaired) electrons. The molecule has 1 aromatic carbocycles. The SMILES string of the molecule is CC(C)Oc1ccc(CCCO)cc1. The molecule has 1 N–H and O–H groups in total. The molecule has 14 heavy (non-hydrogen) atoms. The Bertz CT molecular complexity index is 252. The van der Waals surface area contributed by atoms with E-state index in [9.17, 15) is 0 Å². The molecule has 0 saturated carbocycles. The smallest absolute Gasteiger partial charge is 0.119 e. The number of rotatable bonds is 5. The molecular formula is C12H18O2. The molecular weight excluding hydrogens is 176 g/mol. The van der Waals surface area contributed by atoms with Crippen molar-refractivity contribution in [1.82, 2.24) is 0 Å². The van der Waals surface area contributed by atoms with Crippen LogP contribution < -0.4 is 4.74 Å². The summed E-state index contributed by atoms with van der Waals surface area (Å²) in [5.41, 5.74) is 1.25. The molecule has 0 spiro atoms. The summed E-state index contributed by atoms with van der Waals surface area (Å²) in [7, 11) is 0. The summed E-state index contributed by atoms with van der Waals surface area (Å²) < 4.78 is 5.52. The van der Waals surface area contributed by atoms with Crippen molar-refractivity contribution < 1.29 is 9.84 Å². The summed E-state index contributed by atoms with van der Waals surface area (Å²) in [5, 5.41) is 8.68. The predicted octanol–water partition coefficient (Wildman–Crippen LogP) is 2.40. The van der Waals surface area contributed by atoms with Crippen LogP contribution in [0.5, 0.6) is 5.75 Å².